The number of nitrogens with zero attached hydrogens (tertiary/aromatic N) is 2. The monoisotopic (exact) mass is 301 g/mol. The van der Waals surface area contributed by atoms with E-state index in [-0.39, 0.29) is 0 Å². The second-order valence-electron chi connectivity index (χ2n) is 4.76. The Morgan fingerprint density at radius 3 is 2.94 bits per heavy atom. The molecule has 2 heterocycles. The van der Waals surface area contributed by atoms with Crippen molar-refractivity contribution in [1.29, 1.82) is 0 Å². The third-order valence-electron chi connectivity index (χ3n) is 3.53. The van der Waals surface area contributed by atoms with Crippen LogP contribution in [0.3, 0.4) is 0 Å². The number of aryl methyl sites for hydroxylation is 2. The quantitative estimate of drug-likeness (QED) is 0.925. The predicted molar refractivity (Wildman–Crippen MR) is 70.9 cm³/mol. The zero-order valence-electron chi connectivity index (χ0n) is 10.7. The highest BCUT2D eigenvalue weighted by atomic mass is 79.9. The molecule has 1 saturated heterocycles. The van der Waals surface area contributed by atoms with Crippen molar-refractivity contribution in [3.05, 3.63) is 15.9 Å². The second kappa shape index (κ2) is 5.50. The van der Waals surface area contributed by atoms with Crippen LogP contribution in [0.5, 0.6) is 0 Å². The molecule has 0 aliphatic carbocycles. The van der Waals surface area contributed by atoms with Crippen LogP contribution in [0.4, 0.5) is 0 Å². The van der Waals surface area contributed by atoms with Crippen LogP contribution in [0.25, 0.3) is 0 Å². The van der Waals surface area contributed by atoms with Gasteiger partial charge in [0, 0.05) is 26.2 Å². The van der Waals surface area contributed by atoms with Crippen LogP contribution in [0, 0.1) is 12.8 Å². The molecule has 2 rings (SSSR count). The predicted octanol–water partition coefficient (Wildman–Crippen LogP) is 2.01. The van der Waals surface area contributed by atoms with Gasteiger partial charge >= 0.3 is 0 Å². The van der Waals surface area contributed by atoms with Crippen molar-refractivity contribution in [2.75, 3.05) is 13.2 Å². The number of nitrogens with one attached hydrogen (secondary N) is 1. The van der Waals surface area contributed by atoms with Gasteiger partial charge in [0.1, 0.15) is 0 Å². The summed E-state index contributed by atoms with van der Waals surface area (Å²) in [6.45, 7) is 6.89. The average molecular weight is 302 g/mol. The van der Waals surface area contributed by atoms with Gasteiger partial charge in [0.15, 0.2) is 0 Å². The lowest BCUT2D eigenvalue weighted by atomic mass is 10.0. The summed E-state index contributed by atoms with van der Waals surface area (Å²) in [6, 6.07) is 0.486. The SMILES string of the molecule is Cc1nn(C)c(CNC(C)C2CCOC2)c1Br. The van der Waals surface area contributed by atoms with Crippen LogP contribution in [0.2, 0.25) is 0 Å². The van der Waals surface area contributed by atoms with Crippen LogP contribution in [0.15, 0.2) is 4.47 Å². The van der Waals surface area contributed by atoms with Crippen LogP contribution in [-0.4, -0.2) is 29.0 Å². The maximum Gasteiger partial charge on any atom is 0.0739 e. The zero-order chi connectivity index (χ0) is 12.4. The first kappa shape index (κ1) is 13.1. The largest absolute Gasteiger partial charge is 0.381 e. The number of hydrogen-bond donors (Lipinski definition) is 1. The van der Waals surface area contributed by atoms with E-state index in [0.29, 0.717) is 12.0 Å². The zero-order valence-corrected chi connectivity index (χ0v) is 12.2. The van der Waals surface area contributed by atoms with Crippen LogP contribution < -0.4 is 5.32 Å². The fourth-order valence-corrected chi connectivity index (χ4v) is 2.72. The third-order valence-corrected chi connectivity index (χ3v) is 4.56. The van der Waals surface area contributed by atoms with Crippen molar-refractivity contribution in [1.82, 2.24) is 15.1 Å². The number of hydrogen-bond acceptors (Lipinski definition) is 3. The fraction of sp³-hybridized carbons (Fsp3) is 0.750. The molecule has 1 fully saturated rings. The third kappa shape index (κ3) is 2.89. The minimum Gasteiger partial charge on any atom is -0.381 e. The topological polar surface area (TPSA) is 39.1 Å². The van der Waals surface area contributed by atoms with Crippen molar-refractivity contribution < 1.29 is 4.74 Å². The van der Waals surface area contributed by atoms with Gasteiger partial charge in [-0.1, -0.05) is 0 Å². The summed E-state index contributed by atoms with van der Waals surface area (Å²) in [5.74, 6) is 0.642. The highest BCUT2D eigenvalue weighted by molar-refractivity contribution is 9.10. The normalized spacial score (nSPS) is 22.0. The van der Waals surface area contributed by atoms with Gasteiger partial charge < -0.3 is 10.1 Å². The number of rotatable bonds is 4. The minimum atomic E-state index is 0.486. The lowest BCUT2D eigenvalue weighted by molar-refractivity contribution is 0.178. The van der Waals surface area contributed by atoms with Crippen molar-refractivity contribution in [3.8, 4) is 0 Å². The highest BCUT2D eigenvalue weighted by Crippen LogP contribution is 2.21. The number of ether oxygens (including phenoxy) is 1. The van der Waals surface area contributed by atoms with Crippen molar-refractivity contribution in [3.63, 3.8) is 0 Å². The molecule has 1 aliphatic rings. The van der Waals surface area contributed by atoms with Gasteiger partial charge in [0.05, 0.1) is 22.5 Å². The molecule has 5 heteroatoms. The van der Waals surface area contributed by atoms with Crippen molar-refractivity contribution in [2.24, 2.45) is 13.0 Å². The lowest BCUT2D eigenvalue weighted by Gasteiger charge is -2.19. The Bertz CT molecular complexity index is 385. The summed E-state index contributed by atoms with van der Waals surface area (Å²) in [6.07, 6.45) is 1.17. The second-order valence-corrected chi connectivity index (χ2v) is 5.56. The molecule has 0 saturated carbocycles. The van der Waals surface area contributed by atoms with Gasteiger partial charge in [-0.15, -0.1) is 0 Å². The van der Waals surface area contributed by atoms with E-state index in [1.54, 1.807) is 0 Å². The van der Waals surface area contributed by atoms with Gasteiger partial charge in [0.25, 0.3) is 0 Å². The summed E-state index contributed by atoms with van der Waals surface area (Å²) < 4.78 is 8.46. The molecule has 0 bridgehead atoms. The summed E-state index contributed by atoms with van der Waals surface area (Å²) in [4.78, 5) is 0. The molecular formula is C12H20BrN3O. The van der Waals surface area contributed by atoms with Crippen molar-refractivity contribution in [2.45, 2.75) is 32.9 Å². The molecule has 0 aromatic carbocycles. The van der Waals surface area contributed by atoms with Crippen LogP contribution >= 0.6 is 15.9 Å². The number of aromatic nitrogens is 2. The molecule has 1 N–H and O–H groups in total. The van der Waals surface area contributed by atoms with E-state index in [0.717, 1.165) is 29.9 Å². The molecule has 17 heavy (non-hydrogen) atoms. The van der Waals surface area contributed by atoms with Crippen molar-refractivity contribution >= 4 is 15.9 Å². The van der Waals surface area contributed by atoms with E-state index in [9.17, 15) is 0 Å². The molecule has 2 unspecified atom stereocenters. The highest BCUT2D eigenvalue weighted by Gasteiger charge is 2.22. The Balaban J connectivity index is 1.92. The first-order chi connectivity index (χ1) is 8.09. The van der Waals surface area contributed by atoms with E-state index in [2.05, 4.69) is 33.3 Å². The Labute approximate surface area is 111 Å². The Morgan fingerprint density at radius 1 is 1.65 bits per heavy atom. The maximum atomic E-state index is 5.42. The summed E-state index contributed by atoms with van der Waals surface area (Å²) in [7, 11) is 1.98. The first-order valence-electron chi connectivity index (χ1n) is 6.08. The van der Waals surface area contributed by atoms with E-state index in [1.165, 1.54) is 12.1 Å². The van der Waals surface area contributed by atoms with E-state index < -0.39 is 0 Å². The van der Waals surface area contributed by atoms with Gasteiger partial charge in [-0.25, -0.2) is 0 Å². The van der Waals surface area contributed by atoms with E-state index >= 15 is 0 Å². The van der Waals surface area contributed by atoms with Gasteiger partial charge in [-0.2, -0.15) is 5.10 Å². The molecule has 0 spiro atoms. The molecular weight excluding hydrogens is 282 g/mol. The number of halogens is 1. The maximum absolute atomic E-state index is 5.42. The molecule has 0 amide bonds. The Morgan fingerprint density at radius 2 is 2.41 bits per heavy atom. The van der Waals surface area contributed by atoms with Crippen LogP contribution in [-0.2, 0) is 18.3 Å². The molecule has 1 aromatic rings. The van der Waals surface area contributed by atoms with Crippen LogP contribution in [0.1, 0.15) is 24.7 Å². The van der Waals surface area contributed by atoms with Gasteiger partial charge in [0.2, 0.25) is 0 Å². The molecule has 0 radical (unpaired) electrons. The lowest BCUT2D eigenvalue weighted by Crippen LogP contribution is -2.34. The fourth-order valence-electron chi connectivity index (χ4n) is 2.24. The summed E-state index contributed by atoms with van der Waals surface area (Å²) >= 11 is 3.59. The smallest absolute Gasteiger partial charge is 0.0739 e. The standard InChI is InChI=1S/C12H20BrN3O/c1-8(10-4-5-17-7-10)14-6-11-12(13)9(2)15-16(11)3/h8,10,14H,4-7H2,1-3H3. The molecule has 4 nitrogen and oxygen atoms in total. The Hall–Kier alpha value is -0.390. The average Bonchev–Trinajstić information content (AvgIpc) is 2.88. The summed E-state index contributed by atoms with van der Waals surface area (Å²) in [5, 5.41) is 7.96. The van der Waals surface area contributed by atoms with Gasteiger partial charge in [-0.05, 0) is 42.1 Å². The first-order valence-corrected chi connectivity index (χ1v) is 6.88. The molecule has 1 aliphatic heterocycles. The Kier molecular flexibility index (Phi) is 4.22. The minimum absolute atomic E-state index is 0.486. The molecule has 96 valence electrons. The van der Waals surface area contributed by atoms with Gasteiger partial charge in [-0.3, -0.25) is 4.68 Å². The van der Waals surface area contributed by atoms with E-state index in [4.69, 9.17) is 4.74 Å². The summed E-state index contributed by atoms with van der Waals surface area (Å²) in [5.41, 5.74) is 2.24. The van der Waals surface area contributed by atoms with E-state index in [1.807, 2.05) is 18.7 Å². The molecule has 2 atom stereocenters. The molecule has 1 aromatic heterocycles.